The molecule has 3 rings (SSSR count). The summed E-state index contributed by atoms with van der Waals surface area (Å²) in [6.07, 6.45) is 0. The minimum absolute atomic E-state index is 0.568. The maximum atomic E-state index is 5.83. The zero-order chi connectivity index (χ0) is 16.1. The lowest BCUT2D eigenvalue weighted by molar-refractivity contribution is 0.306. The molecule has 3 aromatic carbocycles. The molecule has 3 aromatic rings. The molecule has 0 saturated carbocycles. The molecule has 0 bridgehead atoms. The average Bonchev–Trinajstić information content (AvgIpc) is 2.56. The Bertz CT molecular complexity index is 759. The average molecular weight is 304 g/mol. The monoisotopic (exact) mass is 304 g/mol. The van der Waals surface area contributed by atoms with Gasteiger partial charge in [0.05, 0.1) is 0 Å². The molecule has 0 aromatic heterocycles. The number of ether oxygens (including phenoxy) is 2. The van der Waals surface area contributed by atoms with Crippen LogP contribution in [-0.2, 0) is 6.61 Å². The van der Waals surface area contributed by atoms with E-state index in [0.717, 1.165) is 22.8 Å². The van der Waals surface area contributed by atoms with Crippen molar-refractivity contribution in [3.8, 4) is 17.2 Å². The Morgan fingerprint density at radius 3 is 2.04 bits per heavy atom. The van der Waals surface area contributed by atoms with E-state index < -0.39 is 0 Å². The van der Waals surface area contributed by atoms with Crippen LogP contribution < -0.4 is 9.47 Å². The second-order valence-corrected chi connectivity index (χ2v) is 5.66. The third-order valence-corrected chi connectivity index (χ3v) is 3.58. The van der Waals surface area contributed by atoms with Gasteiger partial charge in [0.15, 0.2) is 0 Å². The van der Waals surface area contributed by atoms with Crippen LogP contribution in [0.25, 0.3) is 0 Å². The summed E-state index contributed by atoms with van der Waals surface area (Å²) in [5.74, 6) is 2.48. The molecule has 0 spiro atoms. The quantitative estimate of drug-likeness (QED) is 0.604. The highest BCUT2D eigenvalue weighted by Gasteiger charge is 2.00. The summed E-state index contributed by atoms with van der Waals surface area (Å²) < 4.78 is 11.6. The Balaban J connectivity index is 1.59. The van der Waals surface area contributed by atoms with E-state index in [2.05, 4.69) is 44.2 Å². The summed E-state index contributed by atoms with van der Waals surface area (Å²) >= 11 is 0. The first kappa shape index (κ1) is 15.2. The van der Waals surface area contributed by atoms with Crippen molar-refractivity contribution in [1.82, 2.24) is 0 Å². The van der Waals surface area contributed by atoms with Gasteiger partial charge in [-0.25, -0.2) is 0 Å². The van der Waals surface area contributed by atoms with Gasteiger partial charge >= 0.3 is 0 Å². The van der Waals surface area contributed by atoms with E-state index in [1.54, 1.807) is 0 Å². The van der Waals surface area contributed by atoms with Crippen molar-refractivity contribution in [2.45, 2.75) is 20.5 Å². The van der Waals surface area contributed by atoms with Crippen molar-refractivity contribution in [2.24, 2.45) is 0 Å². The van der Waals surface area contributed by atoms with Crippen LogP contribution in [0.5, 0.6) is 17.2 Å². The first-order valence-electron chi connectivity index (χ1n) is 7.72. The van der Waals surface area contributed by atoms with Crippen molar-refractivity contribution in [2.75, 3.05) is 0 Å². The SMILES string of the molecule is Cc1ccc(COc2ccc(Oc3cccc(C)c3)cc2)cc1. The summed E-state index contributed by atoms with van der Waals surface area (Å²) in [6.45, 7) is 4.70. The number of aryl methyl sites for hydroxylation is 2. The van der Waals surface area contributed by atoms with Crippen molar-refractivity contribution in [3.63, 3.8) is 0 Å². The molecule has 0 aliphatic heterocycles. The van der Waals surface area contributed by atoms with E-state index in [1.165, 1.54) is 11.1 Å². The van der Waals surface area contributed by atoms with Crippen LogP contribution in [0.2, 0.25) is 0 Å². The van der Waals surface area contributed by atoms with E-state index in [0.29, 0.717) is 6.61 Å². The van der Waals surface area contributed by atoms with Gasteiger partial charge in [-0.1, -0.05) is 42.0 Å². The third kappa shape index (κ3) is 4.36. The molecule has 0 amide bonds. The predicted molar refractivity (Wildman–Crippen MR) is 93.2 cm³/mol. The summed E-state index contributed by atoms with van der Waals surface area (Å²) in [7, 11) is 0. The number of hydrogen-bond donors (Lipinski definition) is 0. The second-order valence-electron chi connectivity index (χ2n) is 5.66. The van der Waals surface area contributed by atoms with Gasteiger partial charge in [-0.3, -0.25) is 0 Å². The van der Waals surface area contributed by atoms with Crippen molar-refractivity contribution in [3.05, 3.63) is 89.5 Å². The largest absolute Gasteiger partial charge is 0.489 e. The van der Waals surface area contributed by atoms with Gasteiger partial charge in [0.1, 0.15) is 23.9 Å². The molecular weight excluding hydrogens is 284 g/mol. The van der Waals surface area contributed by atoms with Gasteiger partial charge in [-0.15, -0.1) is 0 Å². The summed E-state index contributed by atoms with van der Waals surface area (Å²) in [5.41, 5.74) is 3.60. The lowest BCUT2D eigenvalue weighted by atomic mass is 10.2. The van der Waals surface area contributed by atoms with E-state index in [4.69, 9.17) is 9.47 Å². The van der Waals surface area contributed by atoms with Crippen LogP contribution in [0.3, 0.4) is 0 Å². The normalized spacial score (nSPS) is 10.3. The minimum atomic E-state index is 0.568. The molecule has 0 N–H and O–H groups in total. The van der Waals surface area contributed by atoms with E-state index in [9.17, 15) is 0 Å². The topological polar surface area (TPSA) is 18.5 Å². The van der Waals surface area contributed by atoms with Gasteiger partial charge in [0.2, 0.25) is 0 Å². The Labute approximate surface area is 137 Å². The maximum absolute atomic E-state index is 5.83. The van der Waals surface area contributed by atoms with Crippen molar-refractivity contribution in [1.29, 1.82) is 0 Å². The highest BCUT2D eigenvalue weighted by molar-refractivity contribution is 5.36. The van der Waals surface area contributed by atoms with Crippen LogP contribution >= 0.6 is 0 Å². The zero-order valence-electron chi connectivity index (χ0n) is 13.5. The first-order valence-corrected chi connectivity index (χ1v) is 7.72. The second kappa shape index (κ2) is 7.01. The van der Waals surface area contributed by atoms with Crippen LogP contribution in [0.1, 0.15) is 16.7 Å². The summed E-state index contributed by atoms with van der Waals surface area (Å²) in [6, 6.07) is 24.1. The molecule has 2 heteroatoms. The van der Waals surface area contributed by atoms with Gasteiger partial charge in [0, 0.05) is 0 Å². The van der Waals surface area contributed by atoms with Crippen LogP contribution in [-0.4, -0.2) is 0 Å². The number of rotatable bonds is 5. The molecule has 0 atom stereocenters. The Morgan fingerprint density at radius 2 is 1.35 bits per heavy atom. The minimum Gasteiger partial charge on any atom is -0.489 e. The lowest BCUT2D eigenvalue weighted by Gasteiger charge is -2.09. The summed E-state index contributed by atoms with van der Waals surface area (Å²) in [4.78, 5) is 0. The molecule has 0 aliphatic carbocycles. The smallest absolute Gasteiger partial charge is 0.127 e. The number of hydrogen-bond acceptors (Lipinski definition) is 2. The molecule has 116 valence electrons. The zero-order valence-corrected chi connectivity index (χ0v) is 13.5. The van der Waals surface area contributed by atoms with Crippen molar-refractivity contribution < 1.29 is 9.47 Å². The standard InChI is InChI=1S/C21H20O2/c1-16-6-8-18(9-7-16)15-22-19-10-12-20(13-11-19)23-21-5-3-4-17(2)14-21/h3-14H,15H2,1-2H3. The van der Waals surface area contributed by atoms with Crippen LogP contribution in [0, 0.1) is 13.8 Å². The van der Waals surface area contributed by atoms with Crippen LogP contribution in [0.15, 0.2) is 72.8 Å². The lowest BCUT2D eigenvalue weighted by Crippen LogP contribution is -1.95. The van der Waals surface area contributed by atoms with Gasteiger partial charge in [-0.05, 0) is 61.4 Å². The molecule has 2 nitrogen and oxygen atoms in total. The fraction of sp³-hybridized carbons (Fsp3) is 0.143. The number of benzene rings is 3. The van der Waals surface area contributed by atoms with Gasteiger partial charge in [0.25, 0.3) is 0 Å². The predicted octanol–water partition coefficient (Wildman–Crippen LogP) is 5.67. The van der Waals surface area contributed by atoms with Crippen LogP contribution in [0.4, 0.5) is 0 Å². The molecule has 0 saturated heterocycles. The highest BCUT2D eigenvalue weighted by Crippen LogP contribution is 2.24. The van der Waals surface area contributed by atoms with Crippen molar-refractivity contribution >= 4 is 0 Å². The Kier molecular flexibility index (Phi) is 4.62. The van der Waals surface area contributed by atoms with E-state index >= 15 is 0 Å². The fourth-order valence-electron chi connectivity index (χ4n) is 2.27. The molecule has 0 unspecified atom stereocenters. The fourth-order valence-corrected chi connectivity index (χ4v) is 2.27. The van der Waals surface area contributed by atoms with E-state index in [1.807, 2.05) is 42.5 Å². The van der Waals surface area contributed by atoms with Gasteiger partial charge in [-0.2, -0.15) is 0 Å². The molecule has 0 aliphatic rings. The van der Waals surface area contributed by atoms with Gasteiger partial charge < -0.3 is 9.47 Å². The first-order chi connectivity index (χ1) is 11.2. The highest BCUT2D eigenvalue weighted by atomic mass is 16.5. The molecule has 23 heavy (non-hydrogen) atoms. The maximum Gasteiger partial charge on any atom is 0.127 e. The Morgan fingerprint density at radius 1 is 0.652 bits per heavy atom. The molecular formula is C21H20O2. The molecule has 0 fully saturated rings. The molecule has 0 heterocycles. The summed E-state index contributed by atoms with van der Waals surface area (Å²) in [5, 5.41) is 0. The Hall–Kier alpha value is -2.74. The third-order valence-electron chi connectivity index (χ3n) is 3.58. The molecule has 0 radical (unpaired) electrons. The van der Waals surface area contributed by atoms with E-state index in [-0.39, 0.29) is 0 Å².